The summed E-state index contributed by atoms with van der Waals surface area (Å²) in [5, 5.41) is 11.6. The molecule has 108 valence electrons. The van der Waals surface area contributed by atoms with Crippen LogP contribution in [-0.4, -0.2) is 31.3 Å². The zero-order valence-corrected chi connectivity index (χ0v) is 12.0. The van der Waals surface area contributed by atoms with Crippen molar-refractivity contribution in [2.75, 3.05) is 25.6 Å². The molecule has 0 fully saturated rings. The summed E-state index contributed by atoms with van der Waals surface area (Å²) in [6.07, 6.45) is 1.59. The predicted octanol–water partition coefficient (Wildman–Crippen LogP) is 2.09. The molecule has 1 aromatic carbocycles. The third-order valence-corrected chi connectivity index (χ3v) is 2.73. The summed E-state index contributed by atoms with van der Waals surface area (Å²) in [7, 11) is 1.62. The molecule has 1 aromatic rings. The van der Waals surface area contributed by atoms with E-state index in [1.54, 1.807) is 7.11 Å². The van der Waals surface area contributed by atoms with Crippen molar-refractivity contribution in [3.8, 4) is 11.8 Å². The van der Waals surface area contributed by atoms with E-state index in [0.717, 1.165) is 16.8 Å². The van der Waals surface area contributed by atoms with Gasteiger partial charge in [0.15, 0.2) is 0 Å². The van der Waals surface area contributed by atoms with Gasteiger partial charge in [-0.1, -0.05) is 17.9 Å². The first-order valence-corrected chi connectivity index (χ1v) is 6.66. The van der Waals surface area contributed by atoms with E-state index in [2.05, 4.69) is 17.2 Å². The maximum atomic E-state index is 11.7. The summed E-state index contributed by atoms with van der Waals surface area (Å²) < 4.78 is 4.91. The predicted molar refractivity (Wildman–Crippen MR) is 79.5 cm³/mol. The summed E-state index contributed by atoms with van der Waals surface area (Å²) in [5.74, 6) is 5.86. The second-order valence-corrected chi connectivity index (χ2v) is 4.45. The van der Waals surface area contributed by atoms with Crippen LogP contribution in [0.5, 0.6) is 0 Å². The number of ether oxygens (including phenoxy) is 1. The highest BCUT2D eigenvalue weighted by atomic mass is 16.5. The molecule has 0 radical (unpaired) electrons. The van der Waals surface area contributed by atoms with Crippen LogP contribution < -0.4 is 5.32 Å². The van der Waals surface area contributed by atoms with Gasteiger partial charge in [0.2, 0.25) is 5.91 Å². The molecule has 20 heavy (non-hydrogen) atoms. The van der Waals surface area contributed by atoms with Crippen LogP contribution in [0.4, 0.5) is 5.69 Å². The van der Waals surface area contributed by atoms with Gasteiger partial charge in [-0.3, -0.25) is 4.79 Å². The second kappa shape index (κ2) is 9.13. The lowest BCUT2D eigenvalue weighted by Crippen LogP contribution is -2.12. The summed E-state index contributed by atoms with van der Waals surface area (Å²) >= 11 is 0. The highest BCUT2D eigenvalue weighted by Crippen LogP contribution is 2.15. The monoisotopic (exact) mass is 275 g/mol. The Bertz CT molecular complexity index is 500. The number of aryl methyl sites for hydroxylation is 1. The number of hydrogen-bond acceptors (Lipinski definition) is 3. The lowest BCUT2D eigenvalue weighted by atomic mass is 10.1. The van der Waals surface area contributed by atoms with Crippen LogP contribution in [0.1, 0.15) is 30.4 Å². The number of anilines is 1. The van der Waals surface area contributed by atoms with E-state index >= 15 is 0 Å². The Morgan fingerprint density at radius 3 is 2.95 bits per heavy atom. The Balaban J connectivity index is 2.65. The van der Waals surface area contributed by atoms with E-state index in [1.807, 2.05) is 25.1 Å². The van der Waals surface area contributed by atoms with Gasteiger partial charge in [0.1, 0.15) is 0 Å². The lowest BCUT2D eigenvalue weighted by molar-refractivity contribution is -0.116. The summed E-state index contributed by atoms with van der Waals surface area (Å²) in [4.78, 5) is 11.7. The molecule has 0 atom stereocenters. The van der Waals surface area contributed by atoms with Crippen LogP contribution >= 0.6 is 0 Å². The molecule has 2 N–H and O–H groups in total. The number of benzene rings is 1. The van der Waals surface area contributed by atoms with Gasteiger partial charge in [-0.2, -0.15) is 0 Å². The first-order valence-electron chi connectivity index (χ1n) is 6.66. The average Bonchev–Trinajstić information content (AvgIpc) is 2.43. The van der Waals surface area contributed by atoms with Gasteiger partial charge >= 0.3 is 0 Å². The van der Waals surface area contributed by atoms with Gasteiger partial charge in [-0.15, -0.1) is 0 Å². The molecule has 0 bridgehead atoms. The Morgan fingerprint density at radius 2 is 2.25 bits per heavy atom. The first-order chi connectivity index (χ1) is 9.67. The molecule has 1 amide bonds. The smallest absolute Gasteiger partial charge is 0.224 e. The van der Waals surface area contributed by atoms with Crippen molar-refractivity contribution >= 4 is 11.6 Å². The highest BCUT2D eigenvalue weighted by molar-refractivity contribution is 5.90. The third kappa shape index (κ3) is 5.87. The average molecular weight is 275 g/mol. The number of nitrogens with one attached hydrogen (secondary N) is 1. The molecular weight excluding hydrogens is 254 g/mol. The zero-order valence-electron chi connectivity index (χ0n) is 12.0. The number of methoxy groups -OCH3 is 1. The number of carbonyl (C=O) groups is 1. The number of aliphatic hydroxyl groups is 1. The second-order valence-electron chi connectivity index (χ2n) is 4.45. The quantitative estimate of drug-likeness (QED) is 0.617. The van der Waals surface area contributed by atoms with E-state index in [0.29, 0.717) is 25.9 Å². The summed E-state index contributed by atoms with van der Waals surface area (Å²) in [6.45, 7) is 2.61. The maximum Gasteiger partial charge on any atom is 0.224 e. The molecule has 0 spiro atoms. The molecule has 0 aromatic heterocycles. The molecule has 0 saturated carbocycles. The van der Waals surface area contributed by atoms with Crippen molar-refractivity contribution in [1.82, 2.24) is 0 Å². The maximum absolute atomic E-state index is 11.7. The Hall–Kier alpha value is -1.83. The minimum Gasteiger partial charge on any atom is -0.395 e. The largest absolute Gasteiger partial charge is 0.395 e. The van der Waals surface area contributed by atoms with Gasteiger partial charge in [-0.25, -0.2) is 0 Å². The van der Waals surface area contributed by atoms with E-state index in [1.165, 1.54) is 0 Å². The molecule has 0 aliphatic carbocycles. The van der Waals surface area contributed by atoms with Crippen LogP contribution in [0, 0.1) is 18.8 Å². The fourth-order valence-electron chi connectivity index (χ4n) is 1.65. The molecule has 1 rings (SSSR count). The Labute approximate surface area is 120 Å². The third-order valence-electron chi connectivity index (χ3n) is 2.73. The number of hydrogen-bond donors (Lipinski definition) is 2. The number of carbonyl (C=O) groups excluding carboxylic acids is 1. The first kappa shape index (κ1) is 16.2. The molecular formula is C16H21NO3. The van der Waals surface area contributed by atoms with Crippen molar-refractivity contribution in [2.24, 2.45) is 0 Å². The molecule has 0 heterocycles. The van der Waals surface area contributed by atoms with E-state index < -0.39 is 0 Å². The normalized spacial score (nSPS) is 9.75. The van der Waals surface area contributed by atoms with Gasteiger partial charge < -0.3 is 15.2 Å². The van der Waals surface area contributed by atoms with Gasteiger partial charge in [0.05, 0.1) is 6.61 Å². The molecule has 0 unspecified atom stereocenters. The summed E-state index contributed by atoms with van der Waals surface area (Å²) in [5.41, 5.74) is 2.66. The SMILES string of the molecule is COCCCC(=O)Nc1ccc(C)c(C#CCCO)c1. The standard InChI is InChI=1S/C16H21NO3/c1-13-8-9-15(12-14(13)6-3-4-10-18)17-16(19)7-5-11-20-2/h8-9,12,18H,4-5,7,10-11H2,1-2H3,(H,17,19). The fourth-order valence-corrected chi connectivity index (χ4v) is 1.65. The molecule has 4 heteroatoms. The summed E-state index contributed by atoms with van der Waals surface area (Å²) in [6, 6.07) is 5.64. The van der Waals surface area contributed by atoms with Crippen LogP contribution in [-0.2, 0) is 9.53 Å². The van der Waals surface area contributed by atoms with Gasteiger partial charge in [-0.05, 0) is 31.0 Å². The van der Waals surface area contributed by atoms with Crippen molar-refractivity contribution in [3.05, 3.63) is 29.3 Å². The minimum atomic E-state index is -0.0276. The number of amides is 1. The zero-order chi connectivity index (χ0) is 14.8. The number of aliphatic hydroxyl groups excluding tert-OH is 1. The van der Waals surface area contributed by atoms with Crippen molar-refractivity contribution < 1.29 is 14.6 Å². The fraction of sp³-hybridized carbons (Fsp3) is 0.438. The molecule has 4 nitrogen and oxygen atoms in total. The Kier molecular flexibility index (Phi) is 7.41. The lowest BCUT2D eigenvalue weighted by Gasteiger charge is -2.07. The number of rotatable bonds is 6. The van der Waals surface area contributed by atoms with Crippen molar-refractivity contribution in [2.45, 2.75) is 26.2 Å². The van der Waals surface area contributed by atoms with E-state index in [9.17, 15) is 4.79 Å². The van der Waals surface area contributed by atoms with Crippen LogP contribution in [0.2, 0.25) is 0 Å². The van der Waals surface area contributed by atoms with Crippen LogP contribution in [0.15, 0.2) is 18.2 Å². The van der Waals surface area contributed by atoms with Crippen molar-refractivity contribution in [1.29, 1.82) is 0 Å². The molecule has 0 saturated heterocycles. The van der Waals surface area contributed by atoms with Crippen LogP contribution in [0.3, 0.4) is 0 Å². The van der Waals surface area contributed by atoms with E-state index in [4.69, 9.17) is 9.84 Å². The van der Waals surface area contributed by atoms with Crippen LogP contribution in [0.25, 0.3) is 0 Å². The van der Waals surface area contributed by atoms with Gasteiger partial charge in [0, 0.05) is 37.8 Å². The van der Waals surface area contributed by atoms with E-state index in [-0.39, 0.29) is 12.5 Å². The topological polar surface area (TPSA) is 58.6 Å². The minimum absolute atomic E-state index is 0.0276. The van der Waals surface area contributed by atoms with Crippen molar-refractivity contribution in [3.63, 3.8) is 0 Å². The molecule has 0 aliphatic heterocycles. The van der Waals surface area contributed by atoms with Gasteiger partial charge in [0.25, 0.3) is 0 Å². The molecule has 0 aliphatic rings. The Morgan fingerprint density at radius 1 is 1.45 bits per heavy atom. The highest BCUT2D eigenvalue weighted by Gasteiger charge is 2.03.